The van der Waals surface area contributed by atoms with Gasteiger partial charge in [0.2, 0.25) is 0 Å². The number of hydrogen-bond acceptors (Lipinski definition) is 5. The van der Waals surface area contributed by atoms with Gasteiger partial charge in [-0.3, -0.25) is 4.79 Å². The van der Waals surface area contributed by atoms with Gasteiger partial charge >= 0.3 is 6.09 Å². The summed E-state index contributed by atoms with van der Waals surface area (Å²) in [5.74, 6) is 0.819. The van der Waals surface area contributed by atoms with Gasteiger partial charge in [-0.15, -0.1) is 0 Å². The fourth-order valence-electron chi connectivity index (χ4n) is 2.49. The second-order valence-corrected chi connectivity index (χ2v) is 5.63. The Bertz CT molecular complexity index is 588. The van der Waals surface area contributed by atoms with E-state index in [1.807, 2.05) is 6.07 Å². The first-order chi connectivity index (χ1) is 11.2. The van der Waals surface area contributed by atoms with Crippen LogP contribution < -0.4 is 14.8 Å². The van der Waals surface area contributed by atoms with E-state index in [2.05, 4.69) is 5.32 Å². The van der Waals surface area contributed by atoms with Crippen LogP contribution in [0.4, 0.5) is 4.79 Å². The van der Waals surface area contributed by atoms with Crippen LogP contribution in [0, 0.1) is 0 Å². The zero-order valence-corrected chi connectivity index (χ0v) is 13.0. The summed E-state index contributed by atoms with van der Waals surface area (Å²) in [5, 5.41) is 2.72. The van der Waals surface area contributed by atoms with Crippen molar-refractivity contribution in [3.63, 3.8) is 0 Å². The van der Waals surface area contributed by atoms with E-state index in [1.54, 1.807) is 30.2 Å². The highest BCUT2D eigenvalue weighted by molar-refractivity contribution is 5.78. The Hall–Kier alpha value is -2.44. The molecule has 3 rings (SSSR count). The standard InChI is InChI=1S/C16H20N2O5/c1-21-13-4-2-3-5-14(13)22-10-15(19)17-8-12-9-18(11-6-7-11)16(20)23-12/h2-5,11-12H,6-10H2,1H3,(H,17,19). The van der Waals surface area contributed by atoms with Crippen molar-refractivity contribution < 1.29 is 23.8 Å². The monoisotopic (exact) mass is 320 g/mol. The molecule has 1 aromatic carbocycles. The molecule has 0 radical (unpaired) electrons. The summed E-state index contributed by atoms with van der Waals surface area (Å²) in [6.07, 6.45) is 1.51. The topological polar surface area (TPSA) is 77.1 Å². The highest BCUT2D eigenvalue weighted by atomic mass is 16.6. The number of methoxy groups -OCH3 is 1. The minimum absolute atomic E-state index is 0.118. The number of amides is 2. The molecule has 1 unspecified atom stereocenters. The van der Waals surface area contributed by atoms with Crippen LogP contribution in [-0.4, -0.2) is 55.9 Å². The van der Waals surface area contributed by atoms with E-state index < -0.39 is 0 Å². The largest absolute Gasteiger partial charge is 0.493 e. The molecule has 23 heavy (non-hydrogen) atoms. The molecule has 2 fully saturated rings. The minimum atomic E-state index is -0.293. The molecule has 1 atom stereocenters. The molecule has 0 spiro atoms. The highest BCUT2D eigenvalue weighted by Gasteiger charge is 2.40. The lowest BCUT2D eigenvalue weighted by atomic mass is 10.3. The quantitative estimate of drug-likeness (QED) is 0.816. The van der Waals surface area contributed by atoms with E-state index in [0.29, 0.717) is 30.6 Å². The fourth-order valence-corrected chi connectivity index (χ4v) is 2.49. The summed E-state index contributed by atoms with van der Waals surface area (Å²) in [6.45, 7) is 0.716. The Labute approximate surface area is 134 Å². The maximum absolute atomic E-state index is 11.9. The SMILES string of the molecule is COc1ccccc1OCC(=O)NCC1CN(C2CC2)C(=O)O1. The summed E-state index contributed by atoms with van der Waals surface area (Å²) in [7, 11) is 1.54. The Kier molecular flexibility index (Phi) is 4.55. The minimum Gasteiger partial charge on any atom is -0.493 e. The molecule has 7 nitrogen and oxygen atoms in total. The van der Waals surface area contributed by atoms with E-state index in [9.17, 15) is 9.59 Å². The number of rotatable bonds is 7. The average Bonchev–Trinajstić information content (AvgIpc) is 3.34. The zero-order valence-electron chi connectivity index (χ0n) is 13.0. The van der Waals surface area contributed by atoms with Gasteiger partial charge in [-0.25, -0.2) is 4.79 Å². The van der Waals surface area contributed by atoms with Crippen molar-refractivity contribution in [3.05, 3.63) is 24.3 Å². The van der Waals surface area contributed by atoms with Gasteiger partial charge in [0.15, 0.2) is 18.1 Å². The molecule has 0 aromatic heterocycles. The molecule has 0 bridgehead atoms. The lowest BCUT2D eigenvalue weighted by molar-refractivity contribution is -0.123. The van der Waals surface area contributed by atoms with Gasteiger partial charge in [0, 0.05) is 6.04 Å². The first kappa shape index (κ1) is 15.5. The van der Waals surface area contributed by atoms with Crippen molar-refractivity contribution in [2.45, 2.75) is 25.0 Å². The summed E-state index contributed by atoms with van der Waals surface area (Å²) in [6, 6.07) is 7.46. The molecule has 1 aliphatic carbocycles. The van der Waals surface area contributed by atoms with Crippen LogP contribution in [0.2, 0.25) is 0 Å². The number of para-hydroxylation sites is 2. The first-order valence-electron chi connectivity index (χ1n) is 7.67. The molecular formula is C16H20N2O5. The van der Waals surface area contributed by atoms with Crippen molar-refractivity contribution in [1.29, 1.82) is 0 Å². The number of benzene rings is 1. The third kappa shape index (κ3) is 3.85. The van der Waals surface area contributed by atoms with Crippen molar-refractivity contribution in [2.24, 2.45) is 0 Å². The van der Waals surface area contributed by atoms with Crippen LogP contribution in [0.5, 0.6) is 11.5 Å². The zero-order chi connectivity index (χ0) is 16.2. The van der Waals surface area contributed by atoms with Gasteiger partial charge < -0.3 is 24.4 Å². The second-order valence-electron chi connectivity index (χ2n) is 5.63. The van der Waals surface area contributed by atoms with Crippen LogP contribution in [0.3, 0.4) is 0 Å². The van der Waals surface area contributed by atoms with Crippen molar-refractivity contribution >= 4 is 12.0 Å². The van der Waals surface area contributed by atoms with Crippen LogP contribution >= 0.6 is 0 Å². The van der Waals surface area contributed by atoms with Crippen molar-refractivity contribution in [1.82, 2.24) is 10.2 Å². The highest BCUT2D eigenvalue weighted by Crippen LogP contribution is 2.30. The normalized spacial score (nSPS) is 20.1. The predicted molar refractivity (Wildman–Crippen MR) is 81.5 cm³/mol. The molecule has 1 N–H and O–H groups in total. The van der Waals surface area contributed by atoms with E-state index >= 15 is 0 Å². The Morgan fingerprint density at radius 2 is 2.09 bits per heavy atom. The van der Waals surface area contributed by atoms with Crippen LogP contribution in [-0.2, 0) is 9.53 Å². The molecule has 7 heteroatoms. The van der Waals surface area contributed by atoms with Crippen LogP contribution in [0.25, 0.3) is 0 Å². The molecule has 1 saturated carbocycles. The van der Waals surface area contributed by atoms with Gasteiger partial charge in [0.25, 0.3) is 5.91 Å². The number of carbonyl (C=O) groups is 2. The van der Waals surface area contributed by atoms with Gasteiger partial charge in [0.1, 0.15) is 6.10 Å². The number of carbonyl (C=O) groups excluding carboxylic acids is 2. The molecular weight excluding hydrogens is 300 g/mol. The summed E-state index contributed by atoms with van der Waals surface area (Å²) >= 11 is 0. The summed E-state index contributed by atoms with van der Waals surface area (Å²) in [4.78, 5) is 25.2. The molecule has 1 heterocycles. The Morgan fingerprint density at radius 3 is 2.78 bits per heavy atom. The first-order valence-corrected chi connectivity index (χ1v) is 7.67. The number of nitrogens with one attached hydrogen (secondary N) is 1. The van der Waals surface area contributed by atoms with Crippen LogP contribution in [0.15, 0.2) is 24.3 Å². The third-order valence-corrected chi connectivity index (χ3v) is 3.84. The number of nitrogens with zero attached hydrogens (tertiary/aromatic N) is 1. The fraction of sp³-hybridized carbons (Fsp3) is 0.500. The average molecular weight is 320 g/mol. The molecule has 1 aliphatic heterocycles. The Balaban J connectivity index is 1.41. The van der Waals surface area contributed by atoms with E-state index in [0.717, 1.165) is 12.8 Å². The van der Waals surface area contributed by atoms with Gasteiger partial charge in [-0.05, 0) is 25.0 Å². The van der Waals surface area contributed by atoms with Gasteiger partial charge in [0.05, 0.1) is 20.2 Å². The predicted octanol–water partition coefficient (Wildman–Crippen LogP) is 1.17. The summed E-state index contributed by atoms with van der Waals surface area (Å²) in [5.41, 5.74) is 0. The number of cyclic esters (lactones) is 1. The van der Waals surface area contributed by atoms with E-state index in [-0.39, 0.29) is 24.7 Å². The molecule has 1 aromatic rings. The number of ether oxygens (including phenoxy) is 3. The molecule has 2 aliphatic rings. The second kappa shape index (κ2) is 6.76. The van der Waals surface area contributed by atoms with Crippen molar-refractivity contribution in [2.75, 3.05) is 26.8 Å². The van der Waals surface area contributed by atoms with Gasteiger partial charge in [-0.2, -0.15) is 0 Å². The van der Waals surface area contributed by atoms with E-state index in [4.69, 9.17) is 14.2 Å². The lowest BCUT2D eigenvalue weighted by Crippen LogP contribution is -2.37. The maximum atomic E-state index is 11.9. The van der Waals surface area contributed by atoms with E-state index in [1.165, 1.54) is 0 Å². The van der Waals surface area contributed by atoms with Crippen molar-refractivity contribution in [3.8, 4) is 11.5 Å². The number of hydrogen-bond donors (Lipinski definition) is 1. The lowest BCUT2D eigenvalue weighted by Gasteiger charge is -2.12. The Morgan fingerprint density at radius 1 is 1.35 bits per heavy atom. The molecule has 1 saturated heterocycles. The summed E-state index contributed by atoms with van der Waals surface area (Å²) < 4.78 is 15.8. The van der Waals surface area contributed by atoms with Crippen LogP contribution in [0.1, 0.15) is 12.8 Å². The van der Waals surface area contributed by atoms with Gasteiger partial charge in [-0.1, -0.05) is 12.1 Å². The maximum Gasteiger partial charge on any atom is 0.410 e. The third-order valence-electron chi connectivity index (χ3n) is 3.84. The smallest absolute Gasteiger partial charge is 0.410 e. The molecule has 2 amide bonds. The molecule has 124 valence electrons.